The van der Waals surface area contributed by atoms with Crippen LogP contribution in [0.3, 0.4) is 0 Å². The first-order valence-corrected chi connectivity index (χ1v) is 8.34. The van der Waals surface area contributed by atoms with Crippen LogP contribution in [-0.2, 0) is 9.59 Å². The highest BCUT2D eigenvalue weighted by atomic mass is 16.2. The monoisotopic (exact) mass is 322 g/mol. The fourth-order valence-corrected chi connectivity index (χ4v) is 3.40. The third-order valence-electron chi connectivity index (χ3n) is 4.56. The molecule has 0 N–H and O–H groups in total. The molecule has 2 amide bonds. The van der Waals surface area contributed by atoms with Gasteiger partial charge in [-0.1, -0.05) is 36.4 Å². The Kier molecular flexibility index (Phi) is 4.65. The number of carbonyl (C=O) groups is 2. The molecule has 1 aliphatic rings. The molecule has 124 valence electrons. The molecule has 2 aromatic carbocycles. The van der Waals surface area contributed by atoms with Crippen molar-refractivity contribution in [3.8, 4) is 0 Å². The van der Waals surface area contributed by atoms with Gasteiger partial charge in [-0.15, -0.1) is 0 Å². The van der Waals surface area contributed by atoms with Gasteiger partial charge in [0.05, 0.1) is 0 Å². The first kappa shape index (κ1) is 16.2. The minimum Gasteiger partial charge on any atom is -0.313 e. The smallest absolute Gasteiger partial charge is 0.227 e. The zero-order valence-corrected chi connectivity index (χ0v) is 14.1. The van der Waals surface area contributed by atoms with Gasteiger partial charge in [0, 0.05) is 43.7 Å². The van der Waals surface area contributed by atoms with Crippen LogP contribution in [-0.4, -0.2) is 24.9 Å². The van der Waals surface area contributed by atoms with E-state index in [1.165, 1.54) is 0 Å². The predicted octanol–water partition coefficient (Wildman–Crippen LogP) is 3.58. The molecular formula is C20H22N2O2. The van der Waals surface area contributed by atoms with Gasteiger partial charge in [0.15, 0.2) is 0 Å². The van der Waals surface area contributed by atoms with E-state index in [1.54, 1.807) is 16.7 Å². The van der Waals surface area contributed by atoms with Crippen LogP contribution < -0.4 is 9.80 Å². The van der Waals surface area contributed by atoms with Crippen molar-refractivity contribution in [1.29, 1.82) is 0 Å². The van der Waals surface area contributed by atoms with E-state index in [2.05, 4.69) is 0 Å². The van der Waals surface area contributed by atoms with Gasteiger partial charge in [0.1, 0.15) is 0 Å². The summed E-state index contributed by atoms with van der Waals surface area (Å²) in [4.78, 5) is 28.3. The van der Waals surface area contributed by atoms with Crippen molar-refractivity contribution in [3.63, 3.8) is 0 Å². The topological polar surface area (TPSA) is 40.6 Å². The summed E-state index contributed by atoms with van der Waals surface area (Å²) in [7, 11) is 0. The number of amides is 2. The fourth-order valence-electron chi connectivity index (χ4n) is 3.40. The maximum absolute atomic E-state index is 12.8. The molecule has 1 atom stereocenters. The highest BCUT2D eigenvalue weighted by Gasteiger charge is 2.32. The molecule has 0 bridgehead atoms. The van der Waals surface area contributed by atoms with Crippen molar-refractivity contribution in [2.24, 2.45) is 0 Å². The lowest BCUT2D eigenvalue weighted by Gasteiger charge is -2.23. The number of benzene rings is 2. The molecule has 1 heterocycles. The van der Waals surface area contributed by atoms with Gasteiger partial charge in [0.25, 0.3) is 0 Å². The molecule has 4 heteroatoms. The maximum atomic E-state index is 12.8. The van der Waals surface area contributed by atoms with E-state index in [-0.39, 0.29) is 17.7 Å². The standard InChI is InChI=1S/C20H22N2O2/c1-3-21(17-9-5-4-6-10-17)20(24)13-16-14-22(15(2)23)19-12-8-7-11-18(16)19/h4-12,16H,3,13-14H2,1-2H3. The Morgan fingerprint density at radius 2 is 1.75 bits per heavy atom. The normalized spacial score (nSPS) is 15.9. The second-order valence-electron chi connectivity index (χ2n) is 6.06. The van der Waals surface area contributed by atoms with Crippen molar-refractivity contribution in [2.45, 2.75) is 26.2 Å². The molecule has 1 aliphatic heterocycles. The molecule has 4 nitrogen and oxygen atoms in total. The van der Waals surface area contributed by atoms with Crippen LogP contribution in [0.4, 0.5) is 11.4 Å². The average Bonchev–Trinajstić information content (AvgIpc) is 2.96. The largest absolute Gasteiger partial charge is 0.313 e. The molecule has 0 aliphatic carbocycles. The zero-order chi connectivity index (χ0) is 17.1. The van der Waals surface area contributed by atoms with Crippen molar-refractivity contribution in [1.82, 2.24) is 0 Å². The molecule has 24 heavy (non-hydrogen) atoms. The molecule has 3 rings (SSSR count). The van der Waals surface area contributed by atoms with E-state index in [0.717, 1.165) is 16.9 Å². The highest BCUT2D eigenvalue weighted by molar-refractivity contribution is 5.97. The quantitative estimate of drug-likeness (QED) is 0.863. The van der Waals surface area contributed by atoms with Crippen LogP contribution in [0, 0.1) is 0 Å². The number of fused-ring (bicyclic) bond motifs is 1. The summed E-state index contributed by atoms with van der Waals surface area (Å²) in [6.07, 6.45) is 0.406. The van der Waals surface area contributed by atoms with Crippen LogP contribution in [0.15, 0.2) is 54.6 Å². The van der Waals surface area contributed by atoms with Gasteiger partial charge in [0.2, 0.25) is 11.8 Å². The van der Waals surface area contributed by atoms with Crippen LogP contribution in [0.25, 0.3) is 0 Å². The van der Waals surface area contributed by atoms with E-state index in [9.17, 15) is 9.59 Å². The Balaban J connectivity index is 1.81. The summed E-state index contributed by atoms with van der Waals surface area (Å²) in [6, 6.07) is 17.6. The van der Waals surface area contributed by atoms with Crippen LogP contribution in [0.1, 0.15) is 31.7 Å². The summed E-state index contributed by atoms with van der Waals surface area (Å²) in [6.45, 7) is 4.76. The fraction of sp³-hybridized carbons (Fsp3) is 0.300. The first-order chi connectivity index (χ1) is 11.6. The summed E-state index contributed by atoms with van der Waals surface area (Å²) in [5, 5.41) is 0. The van der Waals surface area contributed by atoms with Gasteiger partial charge in [-0.05, 0) is 30.7 Å². The second-order valence-corrected chi connectivity index (χ2v) is 6.06. The number of para-hydroxylation sites is 2. The van der Waals surface area contributed by atoms with Gasteiger partial charge in [-0.3, -0.25) is 9.59 Å². The lowest BCUT2D eigenvalue weighted by molar-refractivity contribution is -0.119. The Bertz CT molecular complexity index is 742. The third kappa shape index (κ3) is 3.04. The molecular weight excluding hydrogens is 300 g/mol. The number of carbonyl (C=O) groups excluding carboxylic acids is 2. The number of anilines is 2. The lowest BCUT2D eigenvalue weighted by atomic mass is 9.97. The maximum Gasteiger partial charge on any atom is 0.227 e. The molecule has 0 fully saturated rings. The number of nitrogens with zero attached hydrogens (tertiary/aromatic N) is 2. The first-order valence-electron chi connectivity index (χ1n) is 8.34. The molecule has 2 aromatic rings. The van der Waals surface area contributed by atoms with E-state index >= 15 is 0 Å². The number of hydrogen-bond donors (Lipinski definition) is 0. The van der Waals surface area contributed by atoms with Gasteiger partial charge < -0.3 is 9.80 Å². The molecule has 1 unspecified atom stereocenters. The van der Waals surface area contributed by atoms with Gasteiger partial charge in [-0.2, -0.15) is 0 Å². The summed E-state index contributed by atoms with van der Waals surface area (Å²) in [5.74, 6) is 0.164. The van der Waals surface area contributed by atoms with E-state index in [4.69, 9.17) is 0 Å². The Morgan fingerprint density at radius 1 is 1.08 bits per heavy atom. The highest BCUT2D eigenvalue weighted by Crippen LogP contribution is 2.38. The van der Waals surface area contributed by atoms with Crippen molar-refractivity contribution < 1.29 is 9.59 Å². The Labute approximate surface area is 142 Å². The van der Waals surface area contributed by atoms with Crippen LogP contribution in [0.5, 0.6) is 0 Å². The summed E-state index contributed by atoms with van der Waals surface area (Å²) < 4.78 is 0. The number of hydrogen-bond acceptors (Lipinski definition) is 2. The lowest BCUT2D eigenvalue weighted by Crippen LogP contribution is -2.33. The Hall–Kier alpha value is -2.62. The third-order valence-corrected chi connectivity index (χ3v) is 4.56. The number of rotatable bonds is 4. The molecule has 0 aromatic heterocycles. The molecule has 0 saturated carbocycles. The van der Waals surface area contributed by atoms with Crippen LogP contribution in [0.2, 0.25) is 0 Å². The molecule has 0 radical (unpaired) electrons. The summed E-state index contributed by atoms with van der Waals surface area (Å²) in [5.41, 5.74) is 2.94. The van der Waals surface area contributed by atoms with E-state index in [0.29, 0.717) is 19.5 Å². The van der Waals surface area contributed by atoms with Crippen LogP contribution >= 0.6 is 0 Å². The van der Waals surface area contributed by atoms with Crippen molar-refractivity contribution in [2.75, 3.05) is 22.9 Å². The predicted molar refractivity (Wildman–Crippen MR) is 96.3 cm³/mol. The summed E-state index contributed by atoms with van der Waals surface area (Å²) >= 11 is 0. The molecule has 0 saturated heterocycles. The molecule has 0 spiro atoms. The van der Waals surface area contributed by atoms with Crippen molar-refractivity contribution in [3.05, 3.63) is 60.2 Å². The second kappa shape index (κ2) is 6.87. The minimum absolute atomic E-state index is 0.0211. The SMILES string of the molecule is CCN(C(=O)CC1CN(C(C)=O)c2ccccc21)c1ccccc1. The van der Waals surface area contributed by atoms with E-state index in [1.807, 2.05) is 61.5 Å². The van der Waals surface area contributed by atoms with E-state index < -0.39 is 0 Å². The minimum atomic E-state index is 0.0211. The van der Waals surface area contributed by atoms with Crippen molar-refractivity contribution >= 4 is 23.2 Å². The average molecular weight is 322 g/mol. The van der Waals surface area contributed by atoms with Gasteiger partial charge >= 0.3 is 0 Å². The Morgan fingerprint density at radius 3 is 2.42 bits per heavy atom. The van der Waals surface area contributed by atoms with Gasteiger partial charge in [-0.25, -0.2) is 0 Å². The zero-order valence-electron chi connectivity index (χ0n) is 14.1.